The van der Waals surface area contributed by atoms with Crippen LogP contribution in [0.5, 0.6) is 0 Å². The maximum Gasteiger partial charge on any atom is 0.143 e. The lowest BCUT2D eigenvalue weighted by Crippen LogP contribution is -2.25. The fraction of sp³-hybridized carbons (Fsp3) is 0.250. The molecular formula is C16H16BrFO. The summed E-state index contributed by atoms with van der Waals surface area (Å²) in [4.78, 5) is 0. The summed E-state index contributed by atoms with van der Waals surface area (Å²) in [7, 11) is 0. The quantitative estimate of drug-likeness (QED) is 0.865. The zero-order valence-corrected chi connectivity index (χ0v) is 12.8. The molecule has 0 spiro atoms. The first-order chi connectivity index (χ1) is 8.84. The monoisotopic (exact) mass is 322 g/mol. The summed E-state index contributed by atoms with van der Waals surface area (Å²) in [5, 5.41) is 10.8. The van der Waals surface area contributed by atoms with Gasteiger partial charge in [-0.2, -0.15) is 0 Å². The van der Waals surface area contributed by atoms with E-state index < -0.39 is 11.4 Å². The van der Waals surface area contributed by atoms with Crippen LogP contribution in [0.1, 0.15) is 29.2 Å². The Morgan fingerprint density at radius 1 is 1.11 bits per heavy atom. The van der Waals surface area contributed by atoms with Gasteiger partial charge in [-0.15, -0.1) is 0 Å². The van der Waals surface area contributed by atoms with Crippen LogP contribution in [-0.4, -0.2) is 5.11 Å². The van der Waals surface area contributed by atoms with Gasteiger partial charge in [-0.1, -0.05) is 35.9 Å². The summed E-state index contributed by atoms with van der Waals surface area (Å²) in [5.74, 6) is -0.423. The Morgan fingerprint density at radius 3 is 2.47 bits per heavy atom. The molecule has 2 rings (SSSR count). The Kier molecular flexibility index (Phi) is 3.79. The normalized spacial score (nSPS) is 14.2. The van der Waals surface area contributed by atoms with Crippen molar-refractivity contribution in [2.45, 2.75) is 26.4 Å². The van der Waals surface area contributed by atoms with E-state index in [0.29, 0.717) is 4.47 Å². The van der Waals surface area contributed by atoms with Crippen LogP contribution in [0.3, 0.4) is 0 Å². The number of benzene rings is 2. The van der Waals surface area contributed by atoms with Crippen molar-refractivity contribution in [3.05, 3.63) is 68.9 Å². The van der Waals surface area contributed by atoms with Gasteiger partial charge in [0.2, 0.25) is 0 Å². The second kappa shape index (κ2) is 5.06. The summed E-state index contributed by atoms with van der Waals surface area (Å²) in [6, 6.07) is 10.8. The molecule has 2 aromatic rings. The van der Waals surface area contributed by atoms with Crippen molar-refractivity contribution in [3.8, 4) is 0 Å². The smallest absolute Gasteiger partial charge is 0.143 e. The lowest BCUT2D eigenvalue weighted by molar-refractivity contribution is 0.0970. The molecule has 0 saturated carbocycles. The van der Waals surface area contributed by atoms with Crippen molar-refractivity contribution in [1.82, 2.24) is 0 Å². The van der Waals surface area contributed by atoms with E-state index in [1.807, 2.05) is 32.0 Å². The van der Waals surface area contributed by atoms with E-state index in [-0.39, 0.29) is 5.56 Å². The highest BCUT2D eigenvalue weighted by Crippen LogP contribution is 2.35. The van der Waals surface area contributed by atoms with Gasteiger partial charge >= 0.3 is 0 Å². The number of aliphatic hydroxyl groups is 1. The molecule has 3 heteroatoms. The topological polar surface area (TPSA) is 20.2 Å². The number of hydrogen-bond donors (Lipinski definition) is 1. The van der Waals surface area contributed by atoms with E-state index in [2.05, 4.69) is 15.9 Å². The summed E-state index contributed by atoms with van der Waals surface area (Å²) >= 11 is 3.16. The molecule has 0 amide bonds. The van der Waals surface area contributed by atoms with Crippen LogP contribution in [0, 0.1) is 19.7 Å². The lowest BCUT2D eigenvalue weighted by Gasteiger charge is -2.27. The Bertz CT molecular complexity index is 616. The van der Waals surface area contributed by atoms with Crippen molar-refractivity contribution >= 4 is 15.9 Å². The fourth-order valence-electron chi connectivity index (χ4n) is 2.29. The van der Waals surface area contributed by atoms with Gasteiger partial charge in [-0.25, -0.2) is 4.39 Å². The first kappa shape index (κ1) is 14.2. The standard InChI is InChI=1S/C16H16BrFO/c1-10-7-8-11(2)13(9-10)16(3,19)12-5-4-6-14(17)15(12)18/h4-9,19H,1-3H3. The van der Waals surface area contributed by atoms with Gasteiger partial charge in [0.05, 0.1) is 4.47 Å². The zero-order chi connectivity index (χ0) is 14.2. The summed E-state index contributed by atoms with van der Waals surface area (Å²) in [5.41, 5.74) is 1.62. The highest BCUT2D eigenvalue weighted by molar-refractivity contribution is 9.10. The van der Waals surface area contributed by atoms with E-state index in [9.17, 15) is 9.50 Å². The Morgan fingerprint density at radius 2 is 1.79 bits per heavy atom. The number of rotatable bonds is 2. The molecule has 1 N–H and O–H groups in total. The van der Waals surface area contributed by atoms with Crippen molar-refractivity contribution in [2.75, 3.05) is 0 Å². The van der Waals surface area contributed by atoms with Crippen molar-refractivity contribution in [1.29, 1.82) is 0 Å². The summed E-state index contributed by atoms with van der Waals surface area (Å²) in [6.07, 6.45) is 0. The van der Waals surface area contributed by atoms with Crippen LogP contribution < -0.4 is 0 Å². The van der Waals surface area contributed by atoms with Crippen LogP contribution in [0.4, 0.5) is 4.39 Å². The molecule has 0 heterocycles. The van der Waals surface area contributed by atoms with Gasteiger partial charge in [0.15, 0.2) is 0 Å². The summed E-state index contributed by atoms with van der Waals surface area (Å²) in [6.45, 7) is 5.50. The van der Waals surface area contributed by atoms with Gasteiger partial charge in [0, 0.05) is 5.56 Å². The van der Waals surface area contributed by atoms with Gasteiger partial charge in [-0.05, 0) is 53.9 Å². The Hall–Kier alpha value is -1.19. The maximum absolute atomic E-state index is 14.2. The highest BCUT2D eigenvalue weighted by atomic mass is 79.9. The van der Waals surface area contributed by atoms with Gasteiger partial charge in [0.25, 0.3) is 0 Å². The molecule has 1 nitrogen and oxygen atoms in total. The van der Waals surface area contributed by atoms with Crippen molar-refractivity contribution in [3.63, 3.8) is 0 Å². The third kappa shape index (κ3) is 2.58. The molecule has 1 unspecified atom stereocenters. The number of halogens is 2. The van der Waals surface area contributed by atoms with Gasteiger partial charge in [-0.3, -0.25) is 0 Å². The van der Waals surface area contributed by atoms with Crippen LogP contribution in [-0.2, 0) is 5.60 Å². The molecule has 0 aliphatic heterocycles. The molecule has 100 valence electrons. The molecule has 0 bridgehead atoms. The molecule has 2 aromatic carbocycles. The second-order valence-corrected chi connectivity index (χ2v) is 5.85. The first-order valence-electron chi connectivity index (χ1n) is 6.08. The van der Waals surface area contributed by atoms with Crippen LogP contribution in [0.25, 0.3) is 0 Å². The van der Waals surface area contributed by atoms with Gasteiger partial charge < -0.3 is 5.11 Å². The van der Waals surface area contributed by atoms with Crippen LogP contribution >= 0.6 is 15.9 Å². The molecule has 0 fully saturated rings. The third-order valence-corrected chi connectivity index (χ3v) is 4.01. The van der Waals surface area contributed by atoms with Gasteiger partial charge in [0.1, 0.15) is 11.4 Å². The average molecular weight is 323 g/mol. The molecule has 0 radical (unpaired) electrons. The molecule has 0 aromatic heterocycles. The molecule has 19 heavy (non-hydrogen) atoms. The van der Waals surface area contributed by atoms with Crippen LogP contribution in [0.15, 0.2) is 40.9 Å². The Balaban J connectivity index is 2.65. The maximum atomic E-state index is 14.2. The average Bonchev–Trinajstić information content (AvgIpc) is 2.35. The number of aryl methyl sites for hydroxylation is 2. The van der Waals surface area contributed by atoms with Crippen molar-refractivity contribution < 1.29 is 9.50 Å². The zero-order valence-electron chi connectivity index (χ0n) is 11.2. The van der Waals surface area contributed by atoms with E-state index in [1.165, 1.54) is 0 Å². The molecule has 0 aliphatic carbocycles. The Labute approximate surface area is 121 Å². The van der Waals surface area contributed by atoms with E-state index in [4.69, 9.17) is 0 Å². The third-order valence-electron chi connectivity index (χ3n) is 3.39. The minimum Gasteiger partial charge on any atom is -0.381 e. The number of hydrogen-bond acceptors (Lipinski definition) is 1. The highest BCUT2D eigenvalue weighted by Gasteiger charge is 2.30. The van der Waals surface area contributed by atoms with Crippen molar-refractivity contribution in [2.24, 2.45) is 0 Å². The minimum atomic E-state index is -1.36. The first-order valence-corrected chi connectivity index (χ1v) is 6.88. The fourth-order valence-corrected chi connectivity index (χ4v) is 2.65. The van der Waals surface area contributed by atoms with Crippen LogP contribution in [0.2, 0.25) is 0 Å². The molecular weight excluding hydrogens is 307 g/mol. The van der Waals surface area contributed by atoms with E-state index >= 15 is 0 Å². The summed E-state index contributed by atoms with van der Waals surface area (Å²) < 4.78 is 14.6. The lowest BCUT2D eigenvalue weighted by atomic mass is 9.84. The molecule has 0 saturated heterocycles. The molecule has 0 aliphatic rings. The predicted molar refractivity (Wildman–Crippen MR) is 78.7 cm³/mol. The minimum absolute atomic E-state index is 0.274. The van der Waals surface area contributed by atoms with E-state index in [0.717, 1.165) is 16.7 Å². The largest absolute Gasteiger partial charge is 0.381 e. The van der Waals surface area contributed by atoms with E-state index in [1.54, 1.807) is 25.1 Å². The predicted octanol–water partition coefficient (Wildman–Crippen LogP) is 4.46. The molecule has 1 atom stereocenters. The second-order valence-electron chi connectivity index (χ2n) is 4.99. The SMILES string of the molecule is Cc1ccc(C)c(C(C)(O)c2cccc(Br)c2F)c1.